The van der Waals surface area contributed by atoms with E-state index in [2.05, 4.69) is 15.5 Å². The summed E-state index contributed by atoms with van der Waals surface area (Å²) in [6.45, 7) is 3.58. The largest absolute Gasteiger partial charge is 0.358 e. The second-order valence-corrected chi connectivity index (χ2v) is 8.68. The van der Waals surface area contributed by atoms with E-state index in [4.69, 9.17) is 0 Å². The average molecular weight is 500 g/mol. The predicted octanol–water partition coefficient (Wildman–Crippen LogP) is 4.68. The summed E-state index contributed by atoms with van der Waals surface area (Å²) in [5.41, 5.74) is 5.49. The van der Waals surface area contributed by atoms with Crippen LogP contribution >= 0.6 is 0 Å². The number of hydrogen-bond donors (Lipinski definition) is 1. The van der Waals surface area contributed by atoms with Crippen LogP contribution in [-0.4, -0.2) is 36.9 Å². The summed E-state index contributed by atoms with van der Waals surface area (Å²) < 4.78 is 14.7. The number of rotatable bonds is 7. The number of nitro groups is 1. The summed E-state index contributed by atoms with van der Waals surface area (Å²) in [4.78, 5) is 42.5. The van der Waals surface area contributed by atoms with Crippen molar-refractivity contribution in [2.24, 2.45) is 5.10 Å². The summed E-state index contributed by atoms with van der Waals surface area (Å²) in [6.07, 6.45) is 1.20. The standard InChI is InChI=1S/C26H21FN6O4/c1-15(13-31-16(2)28-12-23(31)33(36)37)29-30-22-11-10-21-24-19(22)4-3-5-20(24)25(34)32(26(21)35)14-17-6-8-18(27)9-7-17/h3-12,30H,13-14H2,1-2H3/b29-15+. The molecule has 0 saturated heterocycles. The minimum atomic E-state index is -0.500. The van der Waals surface area contributed by atoms with Gasteiger partial charge in [-0.3, -0.25) is 19.9 Å². The van der Waals surface area contributed by atoms with Crippen molar-refractivity contribution in [2.45, 2.75) is 26.9 Å². The highest BCUT2D eigenvalue weighted by Gasteiger charge is 2.33. The van der Waals surface area contributed by atoms with Crippen molar-refractivity contribution in [3.05, 3.63) is 99.2 Å². The molecule has 0 unspecified atom stereocenters. The van der Waals surface area contributed by atoms with Crippen LogP contribution in [0.15, 0.2) is 65.9 Å². The Morgan fingerprint density at radius 1 is 1.08 bits per heavy atom. The quantitative estimate of drug-likeness (QED) is 0.170. The maximum Gasteiger partial charge on any atom is 0.343 e. The van der Waals surface area contributed by atoms with Crippen molar-refractivity contribution < 1.29 is 18.9 Å². The molecule has 2 heterocycles. The Labute approximate surface area is 210 Å². The highest BCUT2D eigenvalue weighted by molar-refractivity contribution is 6.26. The summed E-state index contributed by atoms with van der Waals surface area (Å²) in [7, 11) is 0. The molecule has 11 heteroatoms. The normalized spacial score (nSPS) is 13.4. The van der Waals surface area contributed by atoms with Gasteiger partial charge in [-0.1, -0.05) is 24.3 Å². The third-order valence-corrected chi connectivity index (χ3v) is 6.22. The predicted molar refractivity (Wildman–Crippen MR) is 135 cm³/mol. The molecule has 0 atom stereocenters. The number of benzene rings is 3. The third-order valence-electron chi connectivity index (χ3n) is 6.22. The summed E-state index contributed by atoms with van der Waals surface area (Å²) in [6, 6.07) is 14.2. The van der Waals surface area contributed by atoms with Gasteiger partial charge in [-0.05, 0) is 47.7 Å². The van der Waals surface area contributed by atoms with E-state index in [1.165, 1.54) is 22.9 Å². The van der Waals surface area contributed by atoms with Gasteiger partial charge in [0.2, 0.25) is 0 Å². The van der Waals surface area contributed by atoms with Gasteiger partial charge in [0.05, 0.1) is 17.9 Å². The van der Waals surface area contributed by atoms with Crippen molar-refractivity contribution in [1.29, 1.82) is 0 Å². The molecule has 1 aliphatic rings. The van der Waals surface area contributed by atoms with E-state index in [1.54, 1.807) is 56.3 Å². The van der Waals surface area contributed by atoms with Crippen LogP contribution in [-0.2, 0) is 13.1 Å². The average Bonchev–Trinajstić information content (AvgIpc) is 3.25. The monoisotopic (exact) mass is 500 g/mol. The fourth-order valence-electron chi connectivity index (χ4n) is 4.38. The molecule has 1 aliphatic heterocycles. The molecule has 4 aromatic rings. The molecule has 0 spiro atoms. The highest BCUT2D eigenvalue weighted by Crippen LogP contribution is 2.35. The fourth-order valence-corrected chi connectivity index (χ4v) is 4.38. The molecular formula is C26H21FN6O4. The molecule has 0 aliphatic carbocycles. The van der Waals surface area contributed by atoms with E-state index in [1.807, 2.05) is 0 Å². The van der Waals surface area contributed by atoms with Crippen LogP contribution in [0.2, 0.25) is 0 Å². The Bertz CT molecular complexity index is 1590. The second-order valence-electron chi connectivity index (χ2n) is 8.68. The SMILES string of the molecule is C/C(Cn1c([N+](=O)[O-])cnc1C)=N\Nc1ccc2c3c(cccc13)C(=O)N(Cc1ccc(F)cc1)C2=O. The minimum absolute atomic E-state index is 0.0249. The molecule has 186 valence electrons. The first-order valence-corrected chi connectivity index (χ1v) is 11.4. The molecule has 0 fully saturated rings. The molecule has 1 N–H and O–H groups in total. The number of anilines is 1. The highest BCUT2D eigenvalue weighted by atomic mass is 19.1. The zero-order valence-corrected chi connectivity index (χ0v) is 19.9. The van der Waals surface area contributed by atoms with Crippen molar-refractivity contribution in [3.63, 3.8) is 0 Å². The van der Waals surface area contributed by atoms with E-state index in [0.717, 1.165) is 4.90 Å². The van der Waals surface area contributed by atoms with Gasteiger partial charge in [0.1, 0.15) is 18.6 Å². The maximum absolute atomic E-state index is 13.3. The van der Waals surface area contributed by atoms with Crippen molar-refractivity contribution in [3.8, 4) is 0 Å². The Kier molecular flexibility index (Phi) is 5.96. The van der Waals surface area contributed by atoms with Crippen LogP contribution in [0.3, 0.4) is 0 Å². The lowest BCUT2D eigenvalue weighted by molar-refractivity contribution is -0.392. The first-order chi connectivity index (χ1) is 17.7. The number of aromatic nitrogens is 2. The zero-order chi connectivity index (χ0) is 26.3. The van der Waals surface area contributed by atoms with Crippen LogP contribution in [0.25, 0.3) is 10.8 Å². The zero-order valence-electron chi connectivity index (χ0n) is 19.9. The lowest BCUT2D eigenvalue weighted by Gasteiger charge is -2.27. The molecule has 37 heavy (non-hydrogen) atoms. The van der Waals surface area contributed by atoms with E-state index in [0.29, 0.717) is 44.7 Å². The van der Waals surface area contributed by atoms with Crippen LogP contribution in [0.1, 0.15) is 39.0 Å². The van der Waals surface area contributed by atoms with Gasteiger partial charge in [0.25, 0.3) is 11.8 Å². The number of nitrogens with zero attached hydrogens (tertiary/aromatic N) is 5. The number of hydrogen-bond acceptors (Lipinski definition) is 7. The summed E-state index contributed by atoms with van der Waals surface area (Å²) >= 11 is 0. The van der Waals surface area contributed by atoms with E-state index < -0.39 is 22.6 Å². The number of imidazole rings is 1. The topological polar surface area (TPSA) is 123 Å². The lowest BCUT2D eigenvalue weighted by Crippen LogP contribution is -2.39. The smallest absolute Gasteiger partial charge is 0.343 e. The second kappa shape index (κ2) is 9.26. The number of halogens is 1. The van der Waals surface area contributed by atoms with E-state index in [-0.39, 0.29) is 18.9 Å². The van der Waals surface area contributed by atoms with Gasteiger partial charge in [-0.2, -0.15) is 5.10 Å². The number of nitrogens with one attached hydrogen (secondary N) is 1. The van der Waals surface area contributed by atoms with Gasteiger partial charge < -0.3 is 10.1 Å². The number of imide groups is 1. The van der Waals surface area contributed by atoms with Crippen molar-refractivity contribution >= 4 is 39.8 Å². The number of carbonyl (C=O) groups excluding carboxylic acids is 2. The van der Waals surface area contributed by atoms with Gasteiger partial charge in [-0.15, -0.1) is 0 Å². The Morgan fingerprint density at radius 3 is 2.49 bits per heavy atom. The molecule has 0 bridgehead atoms. The molecule has 10 nitrogen and oxygen atoms in total. The van der Waals surface area contributed by atoms with Gasteiger partial charge in [-0.25, -0.2) is 13.9 Å². The summed E-state index contributed by atoms with van der Waals surface area (Å²) in [5.74, 6) is -0.910. The maximum atomic E-state index is 13.3. The minimum Gasteiger partial charge on any atom is -0.358 e. The number of aryl methyl sites for hydroxylation is 1. The first-order valence-electron chi connectivity index (χ1n) is 11.4. The van der Waals surface area contributed by atoms with Crippen LogP contribution in [0.5, 0.6) is 0 Å². The molecule has 5 rings (SSSR count). The van der Waals surface area contributed by atoms with Crippen molar-refractivity contribution in [2.75, 3.05) is 5.43 Å². The summed E-state index contributed by atoms with van der Waals surface area (Å²) in [5, 5.41) is 16.8. The molecular weight excluding hydrogens is 479 g/mol. The Morgan fingerprint density at radius 2 is 1.78 bits per heavy atom. The Hall–Kier alpha value is -4.93. The van der Waals surface area contributed by atoms with Crippen LogP contribution in [0, 0.1) is 22.9 Å². The number of carbonyl (C=O) groups is 2. The van der Waals surface area contributed by atoms with Gasteiger partial charge in [0, 0.05) is 28.8 Å². The fraction of sp³-hybridized carbons (Fsp3) is 0.154. The first kappa shape index (κ1) is 23.8. The number of amides is 2. The molecule has 0 radical (unpaired) electrons. The van der Waals surface area contributed by atoms with E-state index in [9.17, 15) is 24.1 Å². The molecule has 1 aromatic heterocycles. The van der Waals surface area contributed by atoms with Gasteiger partial charge >= 0.3 is 5.82 Å². The van der Waals surface area contributed by atoms with Crippen LogP contribution in [0.4, 0.5) is 15.9 Å². The molecule has 3 aromatic carbocycles. The number of hydrazone groups is 1. The molecule has 0 saturated carbocycles. The van der Waals surface area contributed by atoms with E-state index >= 15 is 0 Å². The lowest BCUT2D eigenvalue weighted by atomic mass is 9.93. The molecule has 2 amide bonds. The van der Waals surface area contributed by atoms with Gasteiger partial charge in [0.15, 0.2) is 5.82 Å². The Balaban J connectivity index is 1.44. The third kappa shape index (κ3) is 4.31. The van der Waals surface area contributed by atoms with Crippen LogP contribution < -0.4 is 5.43 Å². The van der Waals surface area contributed by atoms with Crippen molar-refractivity contribution in [1.82, 2.24) is 14.5 Å².